The lowest BCUT2D eigenvalue weighted by Crippen LogP contribution is -2.42. The van der Waals surface area contributed by atoms with Crippen molar-refractivity contribution >= 4 is 0 Å². The standard InChI is InChI=1S/C16H32N4/c1-5-18-16(2,14-17)10-6-7-11-20-12-8-15(9-13-20)19(3)4/h15,18H,5-13H2,1-4H3. The zero-order valence-electron chi connectivity index (χ0n) is 13.8. The summed E-state index contributed by atoms with van der Waals surface area (Å²) in [5, 5.41) is 12.5. The zero-order valence-corrected chi connectivity index (χ0v) is 13.8. The molecule has 0 aliphatic carbocycles. The van der Waals surface area contributed by atoms with E-state index in [0.717, 1.165) is 25.4 Å². The molecule has 4 heteroatoms. The third-order valence-corrected chi connectivity index (χ3v) is 4.50. The van der Waals surface area contributed by atoms with E-state index >= 15 is 0 Å². The molecule has 0 spiro atoms. The van der Waals surface area contributed by atoms with E-state index < -0.39 is 0 Å². The Labute approximate surface area is 125 Å². The predicted molar refractivity (Wildman–Crippen MR) is 84.7 cm³/mol. The molecule has 0 amide bonds. The first kappa shape index (κ1) is 17.4. The second kappa shape index (κ2) is 8.61. The molecule has 0 bridgehead atoms. The highest BCUT2D eigenvalue weighted by molar-refractivity contribution is 5.03. The van der Waals surface area contributed by atoms with E-state index in [4.69, 9.17) is 0 Å². The van der Waals surface area contributed by atoms with Crippen molar-refractivity contribution in [3.8, 4) is 6.07 Å². The normalized spacial score (nSPS) is 20.8. The van der Waals surface area contributed by atoms with Gasteiger partial charge in [-0.1, -0.05) is 6.92 Å². The fraction of sp³-hybridized carbons (Fsp3) is 0.938. The summed E-state index contributed by atoms with van der Waals surface area (Å²) in [6.45, 7) is 8.58. The molecule has 4 nitrogen and oxygen atoms in total. The van der Waals surface area contributed by atoms with Crippen molar-refractivity contribution in [1.29, 1.82) is 5.26 Å². The lowest BCUT2D eigenvalue weighted by molar-refractivity contribution is 0.142. The maximum atomic E-state index is 9.22. The predicted octanol–water partition coefficient (Wildman–Crippen LogP) is 2.07. The van der Waals surface area contributed by atoms with Crippen LogP contribution in [-0.2, 0) is 0 Å². The number of hydrogen-bond acceptors (Lipinski definition) is 4. The Balaban J connectivity index is 2.15. The summed E-state index contributed by atoms with van der Waals surface area (Å²) in [4.78, 5) is 4.93. The molecule has 20 heavy (non-hydrogen) atoms. The topological polar surface area (TPSA) is 42.3 Å². The lowest BCUT2D eigenvalue weighted by atomic mass is 9.96. The van der Waals surface area contributed by atoms with Crippen molar-refractivity contribution < 1.29 is 0 Å². The van der Waals surface area contributed by atoms with Gasteiger partial charge in [0.2, 0.25) is 0 Å². The van der Waals surface area contributed by atoms with E-state index in [9.17, 15) is 5.26 Å². The van der Waals surface area contributed by atoms with Gasteiger partial charge in [0.25, 0.3) is 0 Å². The number of nitrogens with zero attached hydrogens (tertiary/aromatic N) is 3. The van der Waals surface area contributed by atoms with Crippen LogP contribution in [0.5, 0.6) is 0 Å². The van der Waals surface area contributed by atoms with Crippen LogP contribution in [0.3, 0.4) is 0 Å². The van der Waals surface area contributed by atoms with Gasteiger partial charge >= 0.3 is 0 Å². The van der Waals surface area contributed by atoms with Gasteiger partial charge in [-0.15, -0.1) is 0 Å². The van der Waals surface area contributed by atoms with Gasteiger partial charge in [0.05, 0.1) is 6.07 Å². The molecule has 116 valence electrons. The minimum Gasteiger partial charge on any atom is -0.306 e. The van der Waals surface area contributed by atoms with Crippen molar-refractivity contribution in [1.82, 2.24) is 15.1 Å². The van der Waals surface area contributed by atoms with Gasteiger partial charge < -0.3 is 9.80 Å². The number of nitrogens with one attached hydrogen (secondary N) is 1. The second-order valence-corrected chi connectivity index (χ2v) is 6.47. The van der Waals surface area contributed by atoms with E-state index in [2.05, 4.69) is 42.2 Å². The highest BCUT2D eigenvalue weighted by Gasteiger charge is 2.22. The van der Waals surface area contributed by atoms with Crippen LogP contribution in [0.2, 0.25) is 0 Å². The third-order valence-electron chi connectivity index (χ3n) is 4.50. The average Bonchev–Trinajstić information content (AvgIpc) is 2.44. The molecule has 1 saturated heterocycles. The maximum Gasteiger partial charge on any atom is 0.103 e. The van der Waals surface area contributed by atoms with Crippen molar-refractivity contribution in [2.45, 2.75) is 57.5 Å². The molecule has 0 saturated carbocycles. The zero-order chi connectivity index (χ0) is 15.0. The first-order chi connectivity index (χ1) is 9.50. The summed E-state index contributed by atoms with van der Waals surface area (Å²) in [6, 6.07) is 3.17. The summed E-state index contributed by atoms with van der Waals surface area (Å²) in [5.41, 5.74) is -0.341. The van der Waals surface area contributed by atoms with Gasteiger partial charge in [-0.25, -0.2) is 0 Å². The van der Waals surface area contributed by atoms with Crippen LogP contribution in [0.25, 0.3) is 0 Å². The Kier molecular flexibility index (Phi) is 7.50. The molecule has 1 aliphatic heterocycles. The van der Waals surface area contributed by atoms with Gasteiger partial charge in [0.15, 0.2) is 0 Å². The summed E-state index contributed by atoms with van der Waals surface area (Å²) >= 11 is 0. The number of nitriles is 1. The number of likely N-dealkylation sites (tertiary alicyclic amines) is 1. The molecule has 1 atom stereocenters. The van der Waals surface area contributed by atoms with E-state index in [-0.39, 0.29) is 5.54 Å². The molecule has 1 heterocycles. The van der Waals surface area contributed by atoms with E-state index in [0.29, 0.717) is 0 Å². The minimum atomic E-state index is -0.341. The molecule has 0 aromatic heterocycles. The summed E-state index contributed by atoms with van der Waals surface area (Å²) in [5.74, 6) is 0. The fourth-order valence-corrected chi connectivity index (χ4v) is 3.05. The fourth-order valence-electron chi connectivity index (χ4n) is 3.05. The van der Waals surface area contributed by atoms with Crippen LogP contribution in [0.4, 0.5) is 0 Å². The average molecular weight is 280 g/mol. The van der Waals surface area contributed by atoms with Crippen LogP contribution >= 0.6 is 0 Å². The quantitative estimate of drug-likeness (QED) is 0.691. The first-order valence-electron chi connectivity index (χ1n) is 8.06. The van der Waals surface area contributed by atoms with Crippen LogP contribution in [0.15, 0.2) is 0 Å². The molecule has 1 fully saturated rings. The summed E-state index contributed by atoms with van der Waals surface area (Å²) in [6.07, 6.45) is 5.87. The maximum absolute atomic E-state index is 9.22. The Morgan fingerprint density at radius 2 is 1.95 bits per heavy atom. The molecule has 1 N–H and O–H groups in total. The van der Waals surface area contributed by atoms with Gasteiger partial charge in [-0.05, 0) is 79.3 Å². The highest BCUT2D eigenvalue weighted by atomic mass is 15.2. The summed E-state index contributed by atoms with van der Waals surface area (Å²) in [7, 11) is 4.37. The molecule has 1 aliphatic rings. The molecule has 0 aromatic carbocycles. The number of piperidine rings is 1. The van der Waals surface area contributed by atoms with Gasteiger partial charge in [-0.2, -0.15) is 5.26 Å². The van der Waals surface area contributed by atoms with Crippen LogP contribution in [-0.4, -0.2) is 61.7 Å². The van der Waals surface area contributed by atoms with Crippen LogP contribution < -0.4 is 5.32 Å². The number of hydrogen-bond donors (Lipinski definition) is 1. The Hall–Kier alpha value is -0.630. The van der Waals surface area contributed by atoms with E-state index in [1.807, 2.05) is 6.92 Å². The molecule has 0 aromatic rings. The number of rotatable bonds is 8. The lowest BCUT2D eigenvalue weighted by Gasteiger charge is -2.35. The Morgan fingerprint density at radius 3 is 2.45 bits per heavy atom. The Morgan fingerprint density at radius 1 is 1.30 bits per heavy atom. The third kappa shape index (κ3) is 5.78. The molecular weight excluding hydrogens is 248 g/mol. The largest absolute Gasteiger partial charge is 0.306 e. The van der Waals surface area contributed by atoms with Gasteiger partial charge in [-0.3, -0.25) is 5.32 Å². The van der Waals surface area contributed by atoms with E-state index in [1.165, 1.54) is 38.9 Å². The smallest absolute Gasteiger partial charge is 0.103 e. The first-order valence-corrected chi connectivity index (χ1v) is 8.06. The molecular formula is C16H32N4. The van der Waals surface area contributed by atoms with Crippen molar-refractivity contribution in [3.05, 3.63) is 0 Å². The van der Waals surface area contributed by atoms with Crippen molar-refractivity contribution in [2.75, 3.05) is 40.3 Å². The minimum absolute atomic E-state index is 0.341. The van der Waals surface area contributed by atoms with Crippen LogP contribution in [0.1, 0.15) is 46.0 Å². The van der Waals surface area contributed by atoms with Crippen LogP contribution in [0, 0.1) is 11.3 Å². The monoisotopic (exact) mass is 280 g/mol. The van der Waals surface area contributed by atoms with Crippen molar-refractivity contribution in [3.63, 3.8) is 0 Å². The molecule has 1 rings (SSSR count). The van der Waals surface area contributed by atoms with Gasteiger partial charge in [0, 0.05) is 6.04 Å². The van der Waals surface area contributed by atoms with E-state index in [1.54, 1.807) is 0 Å². The second-order valence-electron chi connectivity index (χ2n) is 6.47. The highest BCUT2D eigenvalue weighted by Crippen LogP contribution is 2.16. The van der Waals surface area contributed by atoms with Gasteiger partial charge in [0.1, 0.15) is 5.54 Å². The van der Waals surface area contributed by atoms with Crippen molar-refractivity contribution in [2.24, 2.45) is 0 Å². The SMILES string of the molecule is CCNC(C)(C#N)CCCCN1CCC(N(C)C)CC1. The number of unbranched alkanes of at least 4 members (excludes halogenated alkanes) is 1. The molecule has 1 unspecified atom stereocenters. The summed E-state index contributed by atoms with van der Waals surface area (Å²) < 4.78 is 0. The molecule has 0 radical (unpaired) electrons. The Bertz CT molecular complexity index is 302.